The molecule has 1 heterocycles. The molecule has 2 N–H and O–H groups in total. The van der Waals surface area contributed by atoms with E-state index in [2.05, 4.69) is 30.7 Å². The van der Waals surface area contributed by atoms with Gasteiger partial charge in [0.25, 0.3) is 0 Å². The predicted molar refractivity (Wildman–Crippen MR) is 77.7 cm³/mol. The fourth-order valence-electron chi connectivity index (χ4n) is 3.38. The molecule has 2 rings (SSSR count). The molecule has 3 heteroatoms. The van der Waals surface area contributed by atoms with E-state index in [1.807, 2.05) is 0 Å². The maximum absolute atomic E-state index is 6.09. The summed E-state index contributed by atoms with van der Waals surface area (Å²) in [5, 5.41) is 0. The lowest BCUT2D eigenvalue weighted by molar-refractivity contribution is 0.0416. The van der Waals surface area contributed by atoms with Crippen LogP contribution in [0.4, 0.5) is 0 Å². The van der Waals surface area contributed by atoms with E-state index in [-0.39, 0.29) is 5.54 Å². The standard InChI is InChI=1S/C15H31N3/c1-4-18-9-7-14(8-10-18)17(3)15(2,12-16)11-13-5-6-13/h13-14H,4-12,16H2,1-3H3. The quantitative estimate of drug-likeness (QED) is 0.785. The van der Waals surface area contributed by atoms with E-state index < -0.39 is 0 Å². The molecule has 0 amide bonds. The van der Waals surface area contributed by atoms with E-state index >= 15 is 0 Å². The number of nitrogens with two attached hydrogens (primary N) is 1. The number of hydrogen-bond donors (Lipinski definition) is 1. The second-order valence-corrected chi connectivity index (χ2v) is 6.62. The lowest BCUT2D eigenvalue weighted by Crippen LogP contribution is -2.56. The largest absolute Gasteiger partial charge is 0.329 e. The second kappa shape index (κ2) is 5.89. The Bertz CT molecular complexity index is 256. The zero-order valence-electron chi connectivity index (χ0n) is 12.5. The van der Waals surface area contributed by atoms with Crippen LogP contribution < -0.4 is 5.73 Å². The molecule has 2 aliphatic rings. The average Bonchev–Trinajstić information content (AvgIpc) is 3.21. The van der Waals surface area contributed by atoms with Crippen molar-refractivity contribution in [3.8, 4) is 0 Å². The van der Waals surface area contributed by atoms with Crippen LogP contribution in [-0.4, -0.2) is 54.6 Å². The highest BCUT2D eigenvalue weighted by atomic mass is 15.2. The molecule has 3 nitrogen and oxygen atoms in total. The van der Waals surface area contributed by atoms with Crippen molar-refractivity contribution in [2.24, 2.45) is 11.7 Å². The summed E-state index contributed by atoms with van der Waals surface area (Å²) in [7, 11) is 2.31. The molecule has 1 aliphatic heterocycles. The number of hydrogen-bond acceptors (Lipinski definition) is 3. The van der Waals surface area contributed by atoms with Gasteiger partial charge < -0.3 is 10.6 Å². The minimum atomic E-state index is 0.222. The first-order chi connectivity index (χ1) is 8.59. The van der Waals surface area contributed by atoms with Crippen LogP contribution in [0.2, 0.25) is 0 Å². The number of rotatable bonds is 6. The average molecular weight is 253 g/mol. The summed E-state index contributed by atoms with van der Waals surface area (Å²) in [6, 6.07) is 0.736. The molecule has 1 saturated carbocycles. The lowest BCUT2D eigenvalue weighted by Gasteiger charge is -2.46. The monoisotopic (exact) mass is 253 g/mol. The first-order valence-corrected chi connectivity index (χ1v) is 7.74. The highest BCUT2D eigenvalue weighted by molar-refractivity contribution is 4.95. The predicted octanol–water partition coefficient (Wildman–Crippen LogP) is 1.92. The Morgan fingerprint density at radius 1 is 1.22 bits per heavy atom. The molecule has 1 saturated heterocycles. The zero-order valence-corrected chi connectivity index (χ0v) is 12.5. The van der Waals surface area contributed by atoms with Crippen molar-refractivity contribution in [1.82, 2.24) is 9.80 Å². The summed E-state index contributed by atoms with van der Waals surface area (Å²) < 4.78 is 0. The SMILES string of the molecule is CCN1CCC(N(C)C(C)(CN)CC2CC2)CC1. The molecule has 0 aromatic carbocycles. The normalized spacial score (nSPS) is 26.5. The van der Waals surface area contributed by atoms with Crippen molar-refractivity contribution in [2.75, 3.05) is 33.2 Å². The van der Waals surface area contributed by atoms with Gasteiger partial charge in [0, 0.05) is 18.1 Å². The van der Waals surface area contributed by atoms with E-state index in [4.69, 9.17) is 5.73 Å². The van der Waals surface area contributed by atoms with Gasteiger partial charge in [0.2, 0.25) is 0 Å². The molecule has 0 radical (unpaired) electrons. The fraction of sp³-hybridized carbons (Fsp3) is 1.00. The Balaban J connectivity index is 1.89. The molecule has 2 fully saturated rings. The molecule has 18 heavy (non-hydrogen) atoms. The van der Waals surface area contributed by atoms with Gasteiger partial charge >= 0.3 is 0 Å². The maximum atomic E-state index is 6.09. The van der Waals surface area contributed by atoms with Crippen LogP contribution in [0.5, 0.6) is 0 Å². The summed E-state index contributed by atoms with van der Waals surface area (Å²) >= 11 is 0. The van der Waals surface area contributed by atoms with Crippen LogP contribution >= 0.6 is 0 Å². The second-order valence-electron chi connectivity index (χ2n) is 6.62. The van der Waals surface area contributed by atoms with Crippen LogP contribution in [0.25, 0.3) is 0 Å². The van der Waals surface area contributed by atoms with Crippen LogP contribution in [0.3, 0.4) is 0 Å². The Morgan fingerprint density at radius 2 is 1.83 bits per heavy atom. The van der Waals surface area contributed by atoms with Crippen LogP contribution in [0, 0.1) is 5.92 Å². The third-order valence-electron chi connectivity index (χ3n) is 5.27. The van der Waals surface area contributed by atoms with Gasteiger partial charge in [-0.3, -0.25) is 4.90 Å². The van der Waals surface area contributed by atoms with E-state index in [0.29, 0.717) is 0 Å². The van der Waals surface area contributed by atoms with Crippen LogP contribution in [0.15, 0.2) is 0 Å². The first kappa shape index (κ1) is 14.3. The van der Waals surface area contributed by atoms with Gasteiger partial charge in [0.1, 0.15) is 0 Å². The molecule has 1 atom stereocenters. The summed E-state index contributed by atoms with van der Waals surface area (Å²) in [4.78, 5) is 5.17. The van der Waals surface area contributed by atoms with Crippen LogP contribution in [0.1, 0.15) is 46.0 Å². The topological polar surface area (TPSA) is 32.5 Å². The summed E-state index contributed by atoms with van der Waals surface area (Å²) in [6.45, 7) is 9.16. The molecule has 0 aromatic rings. The summed E-state index contributed by atoms with van der Waals surface area (Å²) in [5.74, 6) is 0.955. The third-order valence-corrected chi connectivity index (χ3v) is 5.27. The first-order valence-electron chi connectivity index (χ1n) is 7.74. The van der Waals surface area contributed by atoms with Crippen molar-refractivity contribution in [2.45, 2.75) is 57.5 Å². The van der Waals surface area contributed by atoms with Gasteiger partial charge in [-0.15, -0.1) is 0 Å². The Labute approximate surface area is 113 Å². The fourth-order valence-corrected chi connectivity index (χ4v) is 3.38. The summed E-state index contributed by atoms with van der Waals surface area (Å²) in [5.41, 5.74) is 6.31. The number of likely N-dealkylation sites (tertiary alicyclic amines) is 1. The van der Waals surface area contributed by atoms with Crippen molar-refractivity contribution < 1.29 is 0 Å². The molecule has 0 bridgehead atoms. The Kier molecular flexibility index (Phi) is 4.68. The van der Waals surface area contributed by atoms with Gasteiger partial charge in [-0.1, -0.05) is 19.8 Å². The summed E-state index contributed by atoms with van der Waals surface area (Å²) in [6.07, 6.45) is 6.78. The zero-order chi connectivity index (χ0) is 13.2. The van der Waals surface area contributed by atoms with Gasteiger partial charge in [-0.2, -0.15) is 0 Å². The molecule has 0 aromatic heterocycles. The van der Waals surface area contributed by atoms with Gasteiger partial charge in [0.05, 0.1) is 0 Å². The minimum Gasteiger partial charge on any atom is -0.329 e. The van der Waals surface area contributed by atoms with Gasteiger partial charge in [0.15, 0.2) is 0 Å². The molecule has 1 aliphatic carbocycles. The van der Waals surface area contributed by atoms with E-state index in [9.17, 15) is 0 Å². The smallest absolute Gasteiger partial charge is 0.0306 e. The maximum Gasteiger partial charge on any atom is 0.0306 e. The Hall–Kier alpha value is -0.120. The highest BCUT2D eigenvalue weighted by Crippen LogP contribution is 2.39. The van der Waals surface area contributed by atoms with Gasteiger partial charge in [-0.05, 0) is 58.8 Å². The van der Waals surface area contributed by atoms with E-state index in [1.165, 1.54) is 51.7 Å². The minimum absolute atomic E-state index is 0.222. The molecule has 0 spiro atoms. The molecular weight excluding hydrogens is 222 g/mol. The lowest BCUT2D eigenvalue weighted by atomic mass is 9.89. The van der Waals surface area contributed by atoms with E-state index in [0.717, 1.165) is 18.5 Å². The number of likely N-dealkylation sites (N-methyl/N-ethyl adjacent to an activating group) is 1. The van der Waals surface area contributed by atoms with Crippen molar-refractivity contribution in [3.63, 3.8) is 0 Å². The van der Waals surface area contributed by atoms with Crippen molar-refractivity contribution in [1.29, 1.82) is 0 Å². The van der Waals surface area contributed by atoms with Crippen LogP contribution in [-0.2, 0) is 0 Å². The number of piperidine rings is 1. The van der Waals surface area contributed by atoms with E-state index in [1.54, 1.807) is 0 Å². The molecule has 1 unspecified atom stereocenters. The molecule has 106 valence electrons. The highest BCUT2D eigenvalue weighted by Gasteiger charge is 2.38. The van der Waals surface area contributed by atoms with Crippen molar-refractivity contribution >= 4 is 0 Å². The molecular formula is C15H31N3. The Morgan fingerprint density at radius 3 is 2.28 bits per heavy atom. The van der Waals surface area contributed by atoms with Crippen molar-refractivity contribution in [3.05, 3.63) is 0 Å². The third kappa shape index (κ3) is 3.25. The van der Waals surface area contributed by atoms with Gasteiger partial charge in [-0.25, -0.2) is 0 Å². The number of nitrogens with zero attached hydrogens (tertiary/aromatic N) is 2.